The second kappa shape index (κ2) is 8.96. The molecule has 1 amide bonds. The van der Waals surface area contributed by atoms with Crippen LogP contribution < -0.4 is 15.8 Å². The maximum absolute atomic E-state index is 12.0. The lowest BCUT2D eigenvalue weighted by molar-refractivity contribution is -0.120. The highest BCUT2D eigenvalue weighted by molar-refractivity contribution is 5.81. The number of phenols is 1. The largest absolute Gasteiger partial charge is 0.504 e. The quantitative estimate of drug-likeness (QED) is 0.554. The van der Waals surface area contributed by atoms with Crippen molar-refractivity contribution in [1.82, 2.24) is 15.3 Å². The number of aromatic nitrogens is 2. The zero-order valence-electron chi connectivity index (χ0n) is 15.5. The molecule has 144 valence electrons. The normalized spacial score (nSPS) is 11.8. The van der Waals surface area contributed by atoms with Gasteiger partial charge in [0.25, 0.3) is 0 Å². The predicted octanol–water partition coefficient (Wildman–Crippen LogP) is 2.10. The maximum atomic E-state index is 12.0. The molecule has 28 heavy (non-hydrogen) atoms. The number of amides is 1. The number of phenolic OH excluding ortho intramolecular Hbond substituents is 1. The van der Waals surface area contributed by atoms with E-state index in [4.69, 9.17) is 10.5 Å². The van der Waals surface area contributed by atoms with E-state index in [0.29, 0.717) is 18.5 Å². The van der Waals surface area contributed by atoms with Gasteiger partial charge in [0, 0.05) is 37.8 Å². The average Bonchev–Trinajstić information content (AvgIpc) is 2.71. The highest BCUT2D eigenvalue weighted by Crippen LogP contribution is 2.29. The number of primary amides is 1. The molecule has 2 heterocycles. The summed E-state index contributed by atoms with van der Waals surface area (Å²) in [4.78, 5) is 20.4. The molecule has 1 aromatic carbocycles. The smallest absolute Gasteiger partial charge is 0.239 e. The summed E-state index contributed by atoms with van der Waals surface area (Å²) in [7, 11) is 1.45. The van der Waals surface area contributed by atoms with Crippen LogP contribution in [-0.4, -0.2) is 28.1 Å². The summed E-state index contributed by atoms with van der Waals surface area (Å²) in [6.07, 6.45) is 7.77. The Kier molecular flexibility index (Phi) is 6.18. The van der Waals surface area contributed by atoms with Crippen molar-refractivity contribution < 1.29 is 14.6 Å². The van der Waals surface area contributed by atoms with Crippen LogP contribution in [0, 0.1) is 0 Å². The van der Waals surface area contributed by atoms with Crippen molar-refractivity contribution in [2.45, 2.75) is 19.0 Å². The molecule has 7 heteroatoms. The van der Waals surface area contributed by atoms with Crippen LogP contribution in [0.4, 0.5) is 0 Å². The van der Waals surface area contributed by atoms with E-state index in [1.807, 2.05) is 30.6 Å². The predicted molar refractivity (Wildman–Crippen MR) is 105 cm³/mol. The summed E-state index contributed by atoms with van der Waals surface area (Å²) in [5, 5.41) is 13.0. The topological polar surface area (TPSA) is 110 Å². The third-order valence-electron chi connectivity index (χ3n) is 4.44. The van der Waals surface area contributed by atoms with Crippen LogP contribution in [0.3, 0.4) is 0 Å². The minimum absolute atomic E-state index is 0.00219. The van der Waals surface area contributed by atoms with Crippen molar-refractivity contribution in [3.05, 3.63) is 83.4 Å². The van der Waals surface area contributed by atoms with Gasteiger partial charge in [-0.3, -0.25) is 20.1 Å². The Morgan fingerprint density at radius 1 is 1.18 bits per heavy atom. The van der Waals surface area contributed by atoms with Crippen LogP contribution in [0.15, 0.2) is 61.2 Å². The van der Waals surface area contributed by atoms with Crippen molar-refractivity contribution in [2.24, 2.45) is 5.73 Å². The molecule has 0 aliphatic heterocycles. The first-order valence-electron chi connectivity index (χ1n) is 8.78. The zero-order valence-corrected chi connectivity index (χ0v) is 15.5. The fourth-order valence-corrected chi connectivity index (χ4v) is 2.98. The summed E-state index contributed by atoms with van der Waals surface area (Å²) in [5.41, 5.74) is 9.34. The third kappa shape index (κ3) is 4.63. The standard InChI is InChI=1S/C21H22N4O3/c1-28-19-10-15(4-5-18(19)26)20(21(22)27)25-13-16-6-8-24-12-17(16)9-14-3-2-7-23-11-14/h2-8,10-12,20,25-26H,9,13H2,1H3,(H2,22,27). The molecule has 1 unspecified atom stereocenters. The number of nitrogens with one attached hydrogen (secondary N) is 1. The Hall–Kier alpha value is -3.45. The molecule has 0 saturated heterocycles. The van der Waals surface area contributed by atoms with Gasteiger partial charge in [-0.2, -0.15) is 0 Å². The molecule has 0 radical (unpaired) electrons. The third-order valence-corrected chi connectivity index (χ3v) is 4.44. The van der Waals surface area contributed by atoms with E-state index in [-0.39, 0.29) is 11.5 Å². The van der Waals surface area contributed by atoms with Crippen molar-refractivity contribution in [3.8, 4) is 11.5 Å². The summed E-state index contributed by atoms with van der Waals surface area (Å²) >= 11 is 0. The van der Waals surface area contributed by atoms with E-state index in [1.165, 1.54) is 13.2 Å². The lowest BCUT2D eigenvalue weighted by Crippen LogP contribution is -2.33. The van der Waals surface area contributed by atoms with Gasteiger partial charge in [0.15, 0.2) is 11.5 Å². The number of benzene rings is 1. The number of rotatable bonds is 8. The summed E-state index contributed by atoms with van der Waals surface area (Å²) < 4.78 is 5.12. The van der Waals surface area contributed by atoms with E-state index < -0.39 is 11.9 Å². The van der Waals surface area contributed by atoms with Gasteiger partial charge in [0.1, 0.15) is 6.04 Å². The van der Waals surface area contributed by atoms with E-state index in [0.717, 1.165) is 16.7 Å². The molecule has 4 N–H and O–H groups in total. The van der Waals surface area contributed by atoms with Crippen LogP contribution in [0.1, 0.15) is 28.3 Å². The van der Waals surface area contributed by atoms with Crippen molar-refractivity contribution >= 4 is 5.91 Å². The zero-order chi connectivity index (χ0) is 19.9. The molecular formula is C21H22N4O3. The molecule has 2 aromatic heterocycles. The number of carbonyl (C=O) groups excluding carboxylic acids is 1. The Bertz CT molecular complexity index is 947. The lowest BCUT2D eigenvalue weighted by atomic mass is 10.0. The number of hydrogen-bond donors (Lipinski definition) is 3. The fourth-order valence-electron chi connectivity index (χ4n) is 2.98. The second-order valence-corrected chi connectivity index (χ2v) is 6.33. The fraction of sp³-hybridized carbons (Fsp3) is 0.190. The van der Waals surface area contributed by atoms with E-state index >= 15 is 0 Å². The summed E-state index contributed by atoms with van der Waals surface area (Å²) in [6, 6.07) is 9.80. The maximum Gasteiger partial charge on any atom is 0.239 e. The average molecular weight is 378 g/mol. The molecule has 0 bridgehead atoms. The Morgan fingerprint density at radius 2 is 2.00 bits per heavy atom. The monoisotopic (exact) mass is 378 g/mol. The molecule has 0 aliphatic carbocycles. The number of nitrogens with two attached hydrogens (primary N) is 1. The van der Waals surface area contributed by atoms with Gasteiger partial charge < -0.3 is 15.6 Å². The minimum Gasteiger partial charge on any atom is -0.504 e. The Balaban J connectivity index is 1.79. The number of nitrogens with zero attached hydrogens (tertiary/aromatic N) is 2. The molecule has 0 saturated carbocycles. The van der Waals surface area contributed by atoms with E-state index in [1.54, 1.807) is 24.5 Å². The van der Waals surface area contributed by atoms with Crippen molar-refractivity contribution in [2.75, 3.05) is 7.11 Å². The molecule has 0 fully saturated rings. The Labute approximate surface area is 163 Å². The Morgan fingerprint density at radius 3 is 2.71 bits per heavy atom. The molecule has 3 rings (SSSR count). The van der Waals surface area contributed by atoms with E-state index in [2.05, 4.69) is 15.3 Å². The van der Waals surface area contributed by atoms with Gasteiger partial charge in [0.2, 0.25) is 5.91 Å². The number of aromatic hydroxyl groups is 1. The highest BCUT2D eigenvalue weighted by atomic mass is 16.5. The second-order valence-electron chi connectivity index (χ2n) is 6.33. The number of methoxy groups -OCH3 is 1. The number of carbonyl (C=O) groups is 1. The van der Waals surface area contributed by atoms with Crippen LogP contribution in [-0.2, 0) is 17.8 Å². The van der Waals surface area contributed by atoms with E-state index in [9.17, 15) is 9.90 Å². The van der Waals surface area contributed by atoms with Crippen LogP contribution >= 0.6 is 0 Å². The van der Waals surface area contributed by atoms with Gasteiger partial charge in [-0.1, -0.05) is 12.1 Å². The highest BCUT2D eigenvalue weighted by Gasteiger charge is 2.19. The van der Waals surface area contributed by atoms with Crippen LogP contribution in [0.5, 0.6) is 11.5 Å². The van der Waals surface area contributed by atoms with Gasteiger partial charge in [-0.05, 0) is 46.5 Å². The number of pyridine rings is 2. The van der Waals surface area contributed by atoms with Gasteiger partial charge in [-0.25, -0.2) is 0 Å². The molecule has 0 spiro atoms. The minimum atomic E-state index is -0.728. The molecule has 1 atom stereocenters. The van der Waals surface area contributed by atoms with Gasteiger partial charge >= 0.3 is 0 Å². The van der Waals surface area contributed by atoms with Crippen molar-refractivity contribution in [3.63, 3.8) is 0 Å². The molecular weight excluding hydrogens is 356 g/mol. The number of hydrogen-bond acceptors (Lipinski definition) is 6. The summed E-state index contributed by atoms with van der Waals surface area (Å²) in [6.45, 7) is 0.426. The van der Waals surface area contributed by atoms with Crippen LogP contribution in [0.25, 0.3) is 0 Å². The molecule has 7 nitrogen and oxygen atoms in total. The van der Waals surface area contributed by atoms with Gasteiger partial charge in [0.05, 0.1) is 7.11 Å². The van der Waals surface area contributed by atoms with Crippen molar-refractivity contribution in [1.29, 1.82) is 0 Å². The first-order valence-corrected chi connectivity index (χ1v) is 8.78. The first-order chi connectivity index (χ1) is 13.6. The molecule has 3 aromatic rings. The van der Waals surface area contributed by atoms with Gasteiger partial charge in [-0.15, -0.1) is 0 Å². The first kappa shape index (κ1) is 19.3. The SMILES string of the molecule is COc1cc(C(NCc2ccncc2Cc2cccnc2)C(N)=O)ccc1O. The molecule has 0 aliphatic rings. The lowest BCUT2D eigenvalue weighted by Gasteiger charge is -2.18. The van der Waals surface area contributed by atoms with Crippen LogP contribution in [0.2, 0.25) is 0 Å². The number of ether oxygens (including phenoxy) is 1. The summed E-state index contributed by atoms with van der Waals surface area (Å²) in [5.74, 6) is -0.232.